The molecule has 10 heteroatoms. The number of hydrogen-bond donors (Lipinski definition) is 2. The monoisotopic (exact) mass is 646 g/mol. The van der Waals surface area contributed by atoms with E-state index < -0.39 is 35.1 Å². The molecule has 2 aliphatic rings. The van der Waals surface area contributed by atoms with E-state index in [9.17, 15) is 24.6 Å². The molecule has 250 valence electrons. The largest absolute Gasteiger partial charge is 0.497 e. The minimum absolute atomic E-state index is 0.231. The number of aliphatic hydroxyl groups is 2. The van der Waals surface area contributed by atoms with Crippen LogP contribution in [0.2, 0.25) is 0 Å². The number of aliphatic hydroxyl groups excluding tert-OH is 2. The number of rotatable bonds is 9. The molecular formula is C37H42O10. The van der Waals surface area contributed by atoms with Crippen LogP contribution in [0, 0.1) is 11.8 Å². The van der Waals surface area contributed by atoms with Gasteiger partial charge in [0.2, 0.25) is 0 Å². The predicted molar refractivity (Wildman–Crippen MR) is 179 cm³/mol. The number of ketones is 1. The first-order valence-electron chi connectivity index (χ1n) is 15.5. The molecule has 5 rings (SSSR count). The lowest BCUT2D eigenvalue weighted by molar-refractivity contribution is -0.146. The first-order valence-corrected chi connectivity index (χ1v) is 15.5. The molecule has 1 aliphatic heterocycles. The molecule has 1 aliphatic carbocycles. The molecule has 4 atom stereocenters. The minimum atomic E-state index is -1.43. The SMILES string of the molecule is CCCC=CC=CC1CC(O)C(O)C(=O)C1C=O.COc1ccc(-c2c(OC)c3c(OC)c4c(cc3oc2=O)OC(C)(C)C=C4)cc1. The van der Waals surface area contributed by atoms with E-state index in [1.807, 2.05) is 38.2 Å². The normalized spacial score (nSPS) is 21.6. The third-order valence-corrected chi connectivity index (χ3v) is 8.08. The van der Waals surface area contributed by atoms with Crippen LogP contribution in [-0.4, -0.2) is 61.4 Å². The number of aldehydes is 1. The van der Waals surface area contributed by atoms with E-state index in [0.29, 0.717) is 51.4 Å². The first kappa shape index (κ1) is 35.2. The zero-order valence-electron chi connectivity index (χ0n) is 27.5. The zero-order valence-corrected chi connectivity index (χ0v) is 27.5. The average Bonchev–Trinajstić information content (AvgIpc) is 3.05. The van der Waals surface area contributed by atoms with Crippen LogP contribution in [0.4, 0.5) is 0 Å². The molecule has 4 unspecified atom stereocenters. The van der Waals surface area contributed by atoms with E-state index in [0.717, 1.165) is 18.4 Å². The molecule has 47 heavy (non-hydrogen) atoms. The van der Waals surface area contributed by atoms with E-state index in [1.54, 1.807) is 56.7 Å². The minimum Gasteiger partial charge on any atom is -0.497 e. The van der Waals surface area contributed by atoms with Gasteiger partial charge in [0.05, 0.1) is 38.9 Å². The first-order chi connectivity index (χ1) is 22.5. The summed E-state index contributed by atoms with van der Waals surface area (Å²) in [6, 6.07) is 8.84. The molecule has 0 amide bonds. The smallest absolute Gasteiger partial charge is 0.347 e. The van der Waals surface area contributed by atoms with Gasteiger partial charge in [0.25, 0.3) is 0 Å². The summed E-state index contributed by atoms with van der Waals surface area (Å²) in [7, 11) is 4.68. The highest BCUT2D eigenvalue weighted by atomic mass is 16.5. The highest BCUT2D eigenvalue weighted by Gasteiger charge is 2.41. The van der Waals surface area contributed by atoms with Crippen LogP contribution in [0.5, 0.6) is 23.0 Å². The number of ether oxygens (including phenoxy) is 4. The number of allylic oxidation sites excluding steroid dienone is 4. The Hall–Kier alpha value is -4.67. The maximum atomic E-state index is 12.9. The lowest BCUT2D eigenvalue weighted by Crippen LogP contribution is -2.47. The molecule has 1 saturated carbocycles. The zero-order chi connectivity index (χ0) is 34.3. The van der Waals surface area contributed by atoms with E-state index in [1.165, 1.54) is 7.11 Å². The van der Waals surface area contributed by atoms with E-state index in [2.05, 4.69) is 6.92 Å². The van der Waals surface area contributed by atoms with Crippen molar-refractivity contribution in [2.45, 2.75) is 57.8 Å². The molecule has 0 saturated heterocycles. The topological polar surface area (TPSA) is 142 Å². The van der Waals surface area contributed by atoms with E-state index >= 15 is 0 Å². The molecule has 1 fully saturated rings. The van der Waals surface area contributed by atoms with Crippen molar-refractivity contribution in [2.75, 3.05) is 21.3 Å². The van der Waals surface area contributed by atoms with Crippen molar-refractivity contribution < 1.29 is 43.2 Å². The predicted octanol–water partition coefficient (Wildman–Crippen LogP) is 5.69. The van der Waals surface area contributed by atoms with Crippen molar-refractivity contribution in [2.24, 2.45) is 11.8 Å². The molecule has 0 radical (unpaired) electrons. The van der Waals surface area contributed by atoms with Gasteiger partial charge in [-0.05, 0) is 62.5 Å². The lowest BCUT2D eigenvalue weighted by atomic mass is 9.76. The van der Waals surface area contributed by atoms with Crippen LogP contribution in [0.3, 0.4) is 0 Å². The van der Waals surface area contributed by atoms with Crippen molar-refractivity contribution in [1.82, 2.24) is 0 Å². The van der Waals surface area contributed by atoms with Crippen molar-refractivity contribution in [3.8, 4) is 34.1 Å². The summed E-state index contributed by atoms with van der Waals surface area (Å²) in [5, 5.41) is 19.5. The molecule has 2 heterocycles. The summed E-state index contributed by atoms with van der Waals surface area (Å²) in [4.78, 5) is 35.4. The van der Waals surface area contributed by atoms with Gasteiger partial charge in [-0.1, -0.05) is 49.8 Å². The highest BCUT2D eigenvalue weighted by Crippen LogP contribution is 2.47. The summed E-state index contributed by atoms with van der Waals surface area (Å²) in [6.45, 7) is 5.98. The number of methoxy groups -OCH3 is 3. The highest BCUT2D eigenvalue weighted by molar-refractivity contribution is 5.99. The number of carbonyl (C=O) groups excluding carboxylic acids is 2. The number of fused-ring (bicyclic) bond motifs is 2. The van der Waals surface area contributed by atoms with Gasteiger partial charge in [0.1, 0.15) is 57.5 Å². The number of unbranched alkanes of at least 4 members (excludes halogenated alkanes) is 1. The Morgan fingerprint density at radius 3 is 2.32 bits per heavy atom. The maximum absolute atomic E-state index is 12.9. The lowest BCUT2D eigenvalue weighted by Gasteiger charge is -2.31. The second-order valence-electron chi connectivity index (χ2n) is 11.8. The van der Waals surface area contributed by atoms with Gasteiger partial charge >= 0.3 is 5.63 Å². The third-order valence-electron chi connectivity index (χ3n) is 8.08. The van der Waals surface area contributed by atoms with Gasteiger partial charge in [-0.25, -0.2) is 4.79 Å². The van der Waals surface area contributed by atoms with Crippen LogP contribution in [0.15, 0.2) is 69.9 Å². The fourth-order valence-corrected chi connectivity index (χ4v) is 5.62. The summed E-state index contributed by atoms with van der Waals surface area (Å²) < 4.78 is 28.3. The second kappa shape index (κ2) is 15.3. The molecule has 2 N–H and O–H groups in total. The van der Waals surface area contributed by atoms with Crippen LogP contribution in [0.1, 0.15) is 45.6 Å². The fraction of sp³-hybridized carbons (Fsp3) is 0.378. The van der Waals surface area contributed by atoms with Crippen LogP contribution < -0.4 is 24.6 Å². The summed E-state index contributed by atoms with van der Waals surface area (Å²) in [6.07, 6.45) is 11.6. The molecule has 10 nitrogen and oxygen atoms in total. The van der Waals surface area contributed by atoms with Gasteiger partial charge in [0, 0.05) is 6.07 Å². The molecule has 2 aromatic carbocycles. The molecule has 0 bridgehead atoms. The Morgan fingerprint density at radius 1 is 1.00 bits per heavy atom. The summed E-state index contributed by atoms with van der Waals surface area (Å²) >= 11 is 0. The van der Waals surface area contributed by atoms with Crippen LogP contribution >= 0.6 is 0 Å². The van der Waals surface area contributed by atoms with Gasteiger partial charge in [-0.3, -0.25) is 4.79 Å². The van der Waals surface area contributed by atoms with Crippen molar-refractivity contribution in [3.63, 3.8) is 0 Å². The molecule has 3 aromatic rings. The van der Waals surface area contributed by atoms with Crippen molar-refractivity contribution in [1.29, 1.82) is 0 Å². The Morgan fingerprint density at radius 2 is 1.70 bits per heavy atom. The molecule has 1 aromatic heterocycles. The standard InChI is InChI=1S/C23H22O6.C14H20O4/c1-23(2)11-10-15-16(29-23)12-17-19(20(15)26-4)21(27-5)18(22(24)28-17)13-6-8-14(25-3)9-7-13;1-2-3-4-5-6-7-10-8-12(16)14(18)13(17)11(10)9-15/h6-12H,1-5H3;4-7,9-12,14,16,18H,2-3,8H2,1H3. The van der Waals surface area contributed by atoms with Gasteiger partial charge in [-0.15, -0.1) is 0 Å². The fourth-order valence-electron chi connectivity index (χ4n) is 5.62. The average molecular weight is 647 g/mol. The molecular weight excluding hydrogens is 604 g/mol. The van der Waals surface area contributed by atoms with Crippen molar-refractivity contribution in [3.05, 3.63) is 76.7 Å². The molecule has 0 spiro atoms. The Labute approximate surface area is 273 Å². The van der Waals surface area contributed by atoms with Crippen LogP contribution in [-0.2, 0) is 9.59 Å². The van der Waals surface area contributed by atoms with Crippen LogP contribution in [0.25, 0.3) is 28.2 Å². The van der Waals surface area contributed by atoms with E-state index in [4.69, 9.17) is 23.4 Å². The number of benzene rings is 2. The summed E-state index contributed by atoms with van der Waals surface area (Å²) in [5.41, 5.74) is 1.11. The third kappa shape index (κ3) is 7.66. The quantitative estimate of drug-likeness (QED) is 0.129. The van der Waals surface area contributed by atoms with Crippen molar-refractivity contribution >= 4 is 29.1 Å². The second-order valence-corrected chi connectivity index (χ2v) is 11.8. The van der Waals surface area contributed by atoms with E-state index in [-0.39, 0.29) is 12.3 Å². The Balaban J connectivity index is 0.000000240. The Kier molecular flexibility index (Phi) is 11.4. The number of carbonyl (C=O) groups is 2. The van der Waals surface area contributed by atoms with Gasteiger partial charge < -0.3 is 38.4 Å². The summed E-state index contributed by atoms with van der Waals surface area (Å²) in [5.74, 6) is 0.424. The Bertz CT molecular complexity index is 1730. The van der Waals surface area contributed by atoms with Gasteiger partial charge in [-0.2, -0.15) is 0 Å². The number of Topliss-reactive ketones (excluding diaryl/α,β-unsaturated/α-hetero) is 1. The number of hydrogen-bond acceptors (Lipinski definition) is 10. The maximum Gasteiger partial charge on any atom is 0.347 e. The van der Waals surface area contributed by atoms with Gasteiger partial charge in [0.15, 0.2) is 5.78 Å².